The summed E-state index contributed by atoms with van der Waals surface area (Å²) in [4.78, 5) is 40.0. The number of alkyl carbamates (subject to hydrolysis) is 1. The Morgan fingerprint density at radius 2 is 1.61 bits per heavy atom. The molecule has 0 radical (unpaired) electrons. The average Bonchev–Trinajstić information content (AvgIpc) is 3.07. The number of carbonyl (C=O) groups excluding carboxylic acids is 3. The molecule has 1 aromatic carbocycles. The van der Waals surface area contributed by atoms with Crippen molar-refractivity contribution in [3.63, 3.8) is 0 Å². The van der Waals surface area contributed by atoms with Crippen molar-refractivity contribution in [2.45, 2.75) is 72.1 Å². The van der Waals surface area contributed by atoms with Gasteiger partial charge in [-0.25, -0.2) is 14.6 Å². The van der Waals surface area contributed by atoms with Crippen LogP contribution in [0.3, 0.4) is 0 Å². The van der Waals surface area contributed by atoms with Crippen molar-refractivity contribution in [2.75, 3.05) is 5.32 Å². The van der Waals surface area contributed by atoms with Gasteiger partial charge in [0.15, 0.2) is 5.13 Å². The predicted molar refractivity (Wildman–Crippen MR) is 126 cm³/mol. The summed E-state index contributed by atoms with van der Waals surface area (Å²) in [6, 6.07) is 6.35. The zero-order valence-electron chi connectivity index (χ0n) is 20.0. The van der Waals surface area contributed by atoms with E-state index in [1.807, 2.05) is 0 Å². The lowest BCUT2D eigenvalue weighted by Crippen LogP contribution is -2.36. The van der Waals surface area contributed by atoms with Gasteiger partial charge in [-0.3, -0.25) is 4.79 Å². The van der Waals surface area contributed by atoms with Gasteiger partial charge in [-0.1, -0.05) is 12.1 Å². The molecule has 10 heteroatoms. The van der Waals surface area contributed by atoms with Crippen molar-refractivity contribution in [3.05, 3.63) is 40.9 Å². The van der Waals surface area contributed by atoms with Crippen molar-refractivity contribution in [1.29, 1.82) is 0 Å². The molecule has 33 heavy (non-hydrogen) atoms. The van der Waals surface area contributed by atoms with Gasteiger partial charge in [0, 0.05) is 12.3 Å². The predicted octanol–water partition coefficient (Wildman–Crippen LogP) is 5.22. The van der Waals surface area contributed by atoms with Crippen LogP contribution in [-0.2, 0) is 20.7 Å². The maximum absolute atomic E-state index is 12.4. The Kier molecular flexibility index (Phi) is 8.43. The number of amides is 2. The Labute approximate surface area is 197 Å². The molecular formula is C23H31N3O6S. The fourth-order valence-corrected chi connectivity index (χ4v) is 3.44. The van der Waals surface area contributed by atoms with E-state index in [9.17, 15) is 14.4 Å². The molecule has 0 fully saturated rings. The van der Waals surface area contributed by atoms with Gasteiger partial charge >= 0.3 is 12.2 Å². The summed E-state index contributed by atoms with van der Waals surface area (Å²) in [5.74, 6) is 0.111. The molecule has 1 heterocycles. The highest BCUT2D eigenvalue weighted by atomic mass is 32.1. The standard InChI is InChI=1S/C23H31N3O6S/c1-14(27)24-19-25-18(13-33-19)17(26-20(28)31-22(2,3)4)12-15-8-10-16(11-9-15)30-21(29)32-23(5,6)7/h8-11,13,17H,12H2,1-7H3,(H,26,28)(H,24,25,27)/t17-/m0/s1. The number of rotatable bonds is 6. The van der Waals surface area contributed by atoms with Crippen molar-refractivity contribution >= 4 is 34.6 Å². The molecule has 9 nitrogen and oxygen atoms in total. The van der Waals surface area contributed by atoms with E-state index in [0.29, 0.717) is 23.0 Å². The van der Waals surface area contributed by atoms with Crippen LogP contribution in [0.25, 0.3) is 0 Å². The van der Waals surface area contributed by atoms with Crippen LogP contribution in [0.15, 0.2) is 29.6 Å². The minimum absolute atomic E-state index is 0.229. The van der Waals surface area contributed by atoms with Gasteiger partial charge in [-0.05, 0) is 65.7 Å². The van der Waals surface area contributed by atoms with Crippen molar-refractivity contribution in [1.82, 2.24) is 10.3 Å². The lowest BCUT2D eigenvalue weighted by atomic mass is 10.0. The van der Waals surface area contributed by atoms with Crippen LogP contribution in [0.1, 0.15) is 65.8 Å². The Morgan fingerprint density at radius 3 is 2.15 bits per heavy atom. The zero-order chi connectivity index (χ0) is 24.8. The lowest BCUT2D eigenvalue weighted by molar-refractivity contribution is -0.114. The van der Waals surface area contributed by atoms with Crippen molar-refractivity contribution in [3.8, 4) is 5.75 Å². The molecule has 0 bridgehead atoms. The third kappa shape index (κ3) is 9.90. The van der Waals surface area contributed by atoms with Gasteiger partial charge in [-0.15, -0.1) is 11.3 Å². The van der Waals surface area contributed by atoms with E-state index in [2.05, 4.69) is 15.6 Å². The Hall–Kier alpha value is -3.14. The molecule has 0 spiro atoms. The van der Waals surface area contributed by atoms with Gasteiger partial charge in [0.05, 0.1) is 11.7 Å². The number of carbonyl (C=O) groups is 3. The van der Waals surface area contributed by atoms with E-state index in [1.54, 1.807) is 71.2 Å². The number of nitrogens with zero attached hydrogens (tertiary/aromatic N) is 1. The van der Waals surface area contributed by atoms with Crippen LogP contribution in [-0.4, -0.2) is 34.3 Å². The molecule has 0 saturated heterocycles. The molecular weight excluding hydrogens is 446 g/mol. The molecule has 2 aromatic rings. The average molecular weight is 478 g/mol. The number of hydrogen-bond donors (Lipinski definition) is 2. The van der Waals surface area contributed by atoms with Gasteiger partial charge in [0.25, 0.3) is 0 Å². The quantitative estimate of drug-likeness (QED) is 0.433. The first-order valence-electron chi connectivity index (χ1n) is 10.4. The highest BCUT2D eigenvalue weighted by Gasteiger charge is 2.23. The second-order valence-corrected chi connectivity index (χ2v) is 10.2. The number of aromatic nitrogens is 1. The topological polar surface area (TPSA) is 116 Å². The number of nitrogens with one attached hydrogen (secondary N) is 2. The molecule has 2 amide bonds. The molecule has 0 unspecified atom stereocenters. The summed E-state index contributed by atoms with van der Waals surface area (Å²) in [6.07, 6.45) is -0.964. The maximum Gasteiger partial charge on any atom is 0.514 e. The summed E-state index contributed by atoms with van der Waals surface area (Å²) in [5.41, 5.74) is 0.144. The van der Waals surface area contributed by atoms with E-state index in [0.717, 1.165) is 5.56 Å². The second kappa shape index (κ2) is 10.7. The van der Waals surface area contributed by atoms with Gasteiger partial charge in [0.1, 0.15) is 17.0 Å². The summed E-state index contributed by atoms with van der Waals surface area (Å²) >= 11 is 1.26. The maximum atomic E-state index is 12.4. The smallest absolute Gasteiger partial charge is 0.444 e. The Balaban J connectivity index is 2.14. The second-order valence-electron chi connectivity index (χ2n) is 9.37. The van der Waals surface area contributed by atoms with Crippen LogP contribution in [0, 0.1) is 0 Å². The van der Waals surface area contributed by atoms with Crippen molar-refractivity contribution in [2.24, 2.45) is 0 Å². The summed E-state index contributed by atoms with van der Waals surface area (Å²) in [5, 5.41) is 7.69. The van der Waals surface area contributed by atoms with E-state index in [-0.39, 0.29) is 5.91 Å². The molecule has 0 aliphatic heterocycles. The van der Waals surface area contributed by atoms with E-state index in [1.165, 1.54) is 18.3 Å². The van der Waals surface area contributed by atoms with Crippen LogP contribution in [0.2, 0.25) is 0 Å². The largest absolute Gasteiger partial charge is 0.514 e. The molecule has 2 N–H and O–H groups in total. The number of benzene rings is 1. The number of anilines is 1. The first kappa shape index (κ1) is 26.1. The molecule has 1 aromatic heterocycles. The Bertz CT molecular complexity index is 973. The van der Waals surface area contributed by atoms with E-state index < -0.39 is 29.5 Å². The van der Waals surface area contributed by atoms with Crippen LogP contribution >= 0.6 is 11.3 Å². The lowest BCUT2D eigenvalue weighted by Gasteiger charge is -2.23. The number of thiazole rings is 1. The first-order valence-corrected chi connectivity index (χ1v) is 11.3. The number of hydrogen-bond acceptors (Lipinski definition) is 8. The normalized spacial score (nSPS) is 12.5. The number of ether oxygens (including phenoxy) is 3. The highest BCUT2D eigenvalue weighted by molar-refractivity contribution is 7.13. The molecule has 0 aliphatic carbocycles. The zero-order valence-corrected chi connectivity index (χ0v) is 20.8. The third-order valence-corrected chi connectivity index (χ3v) is 4.58. The molecule has 0 saturated carbocycles. The molecule has 180 valence electrons. The fourth-order valence-electron chi connectivity index (χ4n) is 2.63. The van der Waals surface area contributed by atoms with Crippen molar-refractivity contribution < 1.29 is 28.6 Å². The van der Waals surface area contributed by atoms with E-state index >= 15 is 0 Å². The summed E-state index contributed by atoms with van der Waals surface area (Å²) in [6.45, 7) is 12.0. The van der Waals surface area contributed by atoms with Crippen LogP contribution in [0.5, 0.6) is 5.75 Å². The van der Waals surface area contributed by atoms with Gasteiger partial charge in [0.2, 0.25) is 5.91 Å². The first-order chi connectivity index (χ1) is 15.2. The van der Waals surface area contributed by atoms with Crippen LogP contribution in [0.4, 0.5) is 14.7 Å². The monoisotopic (exact) mass is 477 g/mol. The summed E-state index contributed by atoms with van der Waals surface area (Å²) in [7, 11) is 0. The Morgan fingerprint density at radius 1 is 1.00 bits per heavy atom. The minimum Gasteiger partial charge on any atom is -0.444 e. The highest BCUT2D eigenvalue weighted by Crippen LogP contribution is 2.25. The minimum atomic E-state index is -0.785. The molecule has 2 rings (SSSR count). The van der Waals surface area contributed by atoms with Gasteiger partial charge in [-0.2, -0.15) is 0 Å². The van der Waals surface area contributed by atoms with E-state index in [4.69, 9.17) is 14.2 Å². The SMILES string of the molecule is CC(=O)Nc1nc([C@H](Cc2ccc(OC(=O)OC(C)(C)C)cc2)NC(=O)OC(C)(C)C)cs1. The fraction of sp³-hybridized carbons (Fsp3) is 0.478. The summed E-state index contributed by atoms with van der Waals surface area (Å²) < 4.78 is 15.7. The third-order valence-electron chi connectivity index (χ3n) is 3.81. The van der Waals surface area contributed by atoms with Crippen LogP contribution < -0.4 is 15.4 Å². The van der Waals surface area contributed by atoms with Gasteiger partial charge < -0.3 is 24.8 Å². The molecule has 0 aliphatic rings. The molecule has 1 atom stereocenters.